The lowest BCUT2D eigenvalue weighted by atomic mass is 10.1. The lowest BCUT2D eigenvalue weighted by Crippen LogP contribution is -2.28. The molecule has 1 aromatic heterocycles. The Morgan fingerprint density at radius 2 is 1.93 bits per heavy atom. The van der Waals surface area contributed by atoms with Crippen LogP contribution < -0.4 is 5.32 Å². The minimum atomic E-state index is -0.421. The number of nitrogens with one attached hydrogen (secondary N) is 1. The molecule has 0 radical (unpaired) electrons. The third-order valence-corrected chi connectivity index (χ3v) is 4.09. The van der Waals surface area contributed by atoms with Gasteiger partial charge in [-0.2, -0.15) is 4.80 Å². The standard InChI is InChI=1S/C20H20ClN5O3/c1-13(2)29-20(28)16-5-3-4-15(10-16)19-23-25-26(24-19)12-18(27)22-11-14-6-8-17(21)9-7-14/h3-10,13H,11-12H2,1-2H3,(H,22,27). The van der Waals surface area contributed by atoms with Gasteiger partial charge in [-0.25, -0.2) is 4.79 Å². The average Bonchev–Trinajstić information content (AvgIpc) is 3.15. The average molecular weight is 414 g/mol. The number of rotatable bonds is 7. The number of tetrazole rings is 1. The fourth-order valence-corrected chi connectivity index (χ4v) is 2.61. The van der Waals surface area contributed by atoms with Gasteiger partial charge in [-0.05, 0) is 48.9 Å². The number of nitrogens with zero attached hydrogens (tertiary/aromatic N) is 4. The topological polar surface area (TPSA) is 99.0 Å². The molecule has 0 saturated heterocycles. The Kier molecular flexibility index (Phi) is 6.56. The number of carbonyl (C=O) groups excluding carboxylic acids is 2. The minimum Gasteiger partial charge on any atom is -0.459 e. The lowest BCUT2D eigenvalue weighted by molar-refractivity contribution is -0.122. The summed E-state index contributed by atoms with van der Waals surface area (Å²) >= 11 is 5.84. The van der Waals surface area contributed by atoms with Crippen molar-refractivity contribution in [2.75, 3.05) is 0 Å². The highest BCUT2D eigenvalue weighted by Crippen LogP contribution is 2.16. The molecule has 2 aromatic carbocycles. The van der Waals surface area contributed by atoms with Gasteiger partial charge < -0.3 is 10.1 Å². The Balaban J connectivity index is 1.61. The minimum absolute atomic E-state index is 0.0737. The molecule has 0 unspecified atom stereocenters. The summed E-state index contributed by atoms with van der Waals surface area (Å²) in [6.45, 7) is 3.87. The van der Waals surface area contributed by atoms with E-state index in [1.54, 1.807) is 50.2 Å². The van der Waals surface area contributed by atoms with Crippen LogP contribution in [0.1, 0.15) is 29.8 Å². The maximum Gasteiger partial charge on any atom is 0.338 e. The van der Waals surface area contributed by atoms with E-state index in [2.05, 4.69) is 20.7 Å². The second-order valence-electron chi connectivity index (χ2n) is 6.58. The van der Waals surface area contributed by atoms with E-state index >= 15 is 0 Å². The smallest absolute Gasteiger partial charge is 0.338 e. The number of amides is 1. The Morgan fingerprint density at radius 3 is 2.66 bits per heavy atom. The van der Waals surface area contributed by atoms with Gasteiger partial charge in [-0.3, -0.25) is 4.79 Å². The van der Waals surface area contributed by atoms with E-state index < -0.39 is 5.97 Å². The van der Waals surface area contributed by atoms with Crippen LogP contribution in [0.3, 0.4) is 0 Å². The highest BCUT2D eigenvalue weighted by atomic mass is 35.5. The number of aromatic nitrogens is 4. The van der Waals surface area contributed by atoms with Gasteiger partial charge in [0, 0.05) is 17.1 Å². The second-order valence-corrected chi connectivity index (χ2v) is 7.02. The van der Waals surface area contributed by atoms with Crippen molar-refractivity contribution < 1.29 is 14.3 Å². The van der Waals surface area contributed by atoms with Crippen molar-refractivity contribution in [1.29, 1.82) is 0 Å². The molecule has 1 N–H and O–H groups in total. The molecule has 0 atom stereocenters. The van der Waals surface area contributed by atoms with Gasteiger partial charge in [-0.1, -0.05) is 35.9 Å². The molecule has 1 amide bonds. The maximum atomic E-state index is 12.1. The summed E-state index contributed by atoms with van der Waals surface area (Å²) in [5, 5.41) is 15.5. The molecule has 0 aliphatic carbocycles. The molecule has 0 bridgehead atoms. The summed E-state index contributed by atoms with van der Waals surface area (Å²) in [7, 11) is 0. The van der Waals surface area contributed by atoms with Crippen molar-refractivity contribution in [2.24, 2.45) is 0 Å². The highest BCUT2D eigenvalue weighted by molar-refractivity contribution is 6.30. The Labute approximate surface area is 172 Å². The van der Waals surface area contributed by atoms with Gasteiger partial charge in [0.2, 0.25) is 11.7 Å². The zero-order chi connectivity index (χ0) is 20.8. The summed E-state index contributed by atoms with van der Waals surface area (Å²) < 4.78 is 5.19. The number of esters is 1. The fourth-order valence-electron chi connectivity index (χ4n) is 2.48. The highest BCUT2D eigenvalue weighted by Gasteiger charge is 2.13. The zero-order valence-corrected chi connectivity index (χ0v) is 16.8. The molecule has 3 rings (SSSR count). The van der Waals surface area contributed by atoms with Crippen LogP contribution >= 0.6 is 11.6 Å². The summed E-state index contributed by atoms with van der Waals surface area (Å²) in [5.74, 6) is -0.358. The molecule has 0 saturated carbocycles. The van der Waals surface area contributed by atoms with Crippen molar-refractivity contribution in [3.63, 3.8) is 0 Å². The number of ether oxygens (including phenoxy) is 1. The van der Waals surface area contributed by atoms with E-state index in [9.17, 15) is 9.59 Å². The lowest BCUT2D eigenvalue weighted by Gasteiger charge is -2.08. The number of carbonyl (C=O) groups is 2. The maximum absolute atomic E-state index is 12.1. The van der Waals surface area contributed by atoms with Crippen LogP contribution in [0.5, 0.6) is 0 Å². The van der Waals surface area contributed by atoms with E-state index in [-0.39, 0.29) is 18.6 Å². The van der Waals surface area contributed by atoms with Crippen molar-refractivity contribution in [3.05, 3.63) is 64.7 Å². The van der Waals surface area contributed by atoms with Gasteiger partial charge in [0.1, 0.15) is 6.54 Å². The molecule has 9 heteroatoms. The number of hydrogen-bond acceptors (Lipinski definition) is 6. The van der Waals surface area contributed by atoms with Gasteiger partial charge in [-0.15, -0.1) is 10.2 Å². The van der Waals surface area contributed by atoms with Gasteiger partial charge >= 0.3 is 5.97 Å². The van der Waals surface area contributed by atoms with E-state index in [4.69, 9.17) is 16.3 Å². The van der Waals surface area contributed by atoms with Crippen LogP contribution in [0.25, 0.3) is 11.4 Å². The molecular weight excluding hydrogens is 394 g/mol. The monoisotopic (exact) mass is 413 g/mol. The van der Waals surface area contributed by atoms with Crippen molar-refractivity contribution in [2.45, 2.75) is 33.0 Å². The third kappa shape index (κ3) is 5.86. The first-order chi connectivity index (χ1) is 13.9. The van der Waals surface area contributed by atoms with Crippen LogP contribution in [-0.2, 0) is 22.6 Å². The van der Waals surface area contributed by atoms with E-state index in [1.807, 2.05) is 12.1 Å². The molecule has 0 spiro atoms. The van der Waals surface area contributed by atoms with E-state index in [0.29, 0.717) is 28.5 Å². The molecule has 0 aliphatic rings. The number of halogens is 1. The summed E-state index contributed by atoms with van der Waals surface area (Å²) in [5.41, 5.74) is 1.93. The summed E-state index contributed by atoms with van der Waals surface area (Å²) in [6.07, 6.45) is -0.212. The van der Waals surface area contributed by atoms with Crippen LogP contribution in [0, 0.1) is 0 Å². The number of hydrogen-bond donors (Lipinski definition) is 1. The molecule has 29 heavy (non-hydrogen) atoms. The van der Waals surface area contributed by atoms with Crippen LogP contribution in [0.2, 0.25) is 5.02 Å². The first kappa shape index (κ1) is 20.5. The van der Waals surface area contributed by atoms with Gasteiger partial charge in [0.25, 0.3) is 0 Å². The van der Waals surface area contributed by atoms with E-state index in [0.717, 1.165) is 5.56 Å². The second kappa shape index (κ2) is 9.29. The third-order valence-electron chi connectivity index (χ3n) is 3.84. The van der Waals surface area contributed by atoms with Crippen molar-refractivity contribution in [3.8, 4) is 11.4 Å². The van der Waals surface area contributed by atoms with Crippen LogP contribution in [0.15, 0.2) is 48.5 Å². The molecule has 1 heterocycles. The molecule has 0 fully saturated rings. The normalized spacial score (nSPS) is 10.8. The largest absolute Gasteiger partial charge is 0.459 e. The summed E-state index contributed by atoms with van der Waals surface area (Å²) in [4.78, 5) is 25.4. The van der Waals surface area contributed by atoms with Gasteiger partial charge in [0.05, 0.1) is 11.7 Å². The molecule has 8 nitrogen and oxygen atoms in total. The Hall–Kier alpha value is -3.26. The summed E-state index contributed by atoms with van der Waals surface area (Å²) in [6, 6.07) is 14.0. The quantitative estimate of drug-likeness (QED) is 0.598. The predicted molar refractivity (Wildman–Crippen MR) is 107 cm³/mol. The fraction of sp³-hybridized carbons (Fsp3) is 0.250. The van der Waals surface area contributed by atoms with E-state index in [1.165, 1.54) is 4.80 Å². The number of benzene rings is 2. The first-order valence-corrected chi connectivity index (χ1v) is 9.39. The molecular formula is C20H20ClN5O3. The molecule has 150 valence electrons. The Bertz CT molecular complexity index is 1000. The SMILES string of the molecule is CC(C)OC(=O)c1cccc(-c2nnn(CC(=O)NCc3ccc(Cl)cc3)n2)c1. The zero-order valence-electron chi connectivity index (χ0n) is 16.0. The van der Waals surface area contributed by atoms with Crippen LogP contribution in [-0.4, -0.2) is 38.2 Å². The molecule has 0 aliphatic heterocycles. The van der Waals surface area contributed by atoms with Gasteiger partial charge in [0.15, 0.2) is 0 Å². The van der Waals surface area contributed by atoms with Crippen molar-refractivity contribution in [1.82, 2.24) is 25.5 Å². The van der Waals surface area contributed by atoms with Crippen LogP contribution in [0.4, 0.5) is 0 Å². The predicted octanol–water partition coefficient (Wildman–Crippen LogP) is 2.88. The Morgan fingerprint density at radius 1 is 1.17 bits per heavy atom. The first-order valence-electron chi connectivity index (χ1n) is 9.01. The molecule has 3 aromatic rings. The van der Waals surface area contributed by atoms with Crippen molar-refractivity contribution >= 4 is 23.5 Å².